The van der Waals surface area contributed by atoms with E-state index in [0.717, 1.165) is 0 Å². The molecule has 2 atom stereocenters. The number of aromatic nitrogens is 1. The zero-order chi connectivity index (χ0) is 21.9. The van der Waals surface area contributed by atoms with E-state index in [2.05, 4.69) is 10.3 Å². The van der Waals surface area contributed by atoms with Crippen LogP contribution in [0, 0.1) is 0 Å². The number of hydrogen-bond acceptors (Lipinski definition) is 3. The number of fused-ring (bicyclic) bond motifs is 2. The maximum atomic E-state index is 14.2. The van der Waals surface area contributed by atoms with Crippen LogP contribution in [-0.4, -0.2) is 21.9 Å². The average Bonchev–Trinajstić information content (AvgIpc) is 2.64. The van der Waals surface area contributed by atoms with Crippen LogP contribution in [0.15, 0.2) is 53.3 Å². The van der Waals surface area contributed by atoms with Crippen LogP contribution in [0.3, 0.4) is 0 Å². The largest absolute Gasteiger partial charge is 0.419 e. The third-order valence-electron chi connectivity index (χ3n) is 5.80. The predicted octanol–water partition coefficient (Wildman–Crippen LogP) is 5.31. The van der Waals surface area contributed by atoms with E-state index in [-0.39, 0.29) is 5.56 Å². The number of halogens is 4. The van der Waals surface area contributed by atoms with Gasteiger partial charge in [-0.25, -0.2) is 0 Å². The molecular formula is C22H20ClF3N2O2. The molecule has 8 heteroatoms. The number of aromatic amines is 1. The fourth-order valence-electron chi connectivity index (χ4n) is 4.42. The van der Waals surface area contributed by atoms with E-state index in [1.54, 1.807) is 44.2 Å². The SMILES string of the molecule is CC1(C)CC(O)(C(F)(F)F)C(Nc2cccc3[nH]c(=O)ccc23)c2ccc(Cl)cc21. The van der Waals surface area contributed by atoms with Crippen LogP contribution in [0.25, 0.3) is 10.9 Å². The highest BCUT2D eigenvalue weighted by atomic mass is 35.5. The molecule has 3 aromatic rings. The molecular weight excluding hydrogens is 417 g/mol. The van der Waals surface area contributed by atoms with Crippen molar-refractivity contribution in [3.8, 4) is 0 Å². The molecule has 4 rings (SSSR count). The normalized spacial score (nSPS) is 23.2. The Morgan fingerprint density at radius 3 is 2.60 bits per heavy atom. The Morgan fingerprint density at radius 2 is 1.90 bits per heavy atom. The summed E-state index contributed by atoms with van der Waals surface area (Å²) >= 11 is 6.13. The monoisotopic (exact) mass is 436 g/mol. The highest BCUT2D eigenvalue weighted by Gasteiger charge is 2.63. The number of nitrogens with one attached hydrogen (secondary N) is 2. The molecule has 1 aliphatic rings. The summed E-state index contributed by atoms with van der Waals surface area (Å²) < 4.78 is 42.6. The smallest absolute Gasteiger partial charge is 0.379 e. The summed E-state index contributed by atoms with van der Waals surface area (Å²) in [5.41, 5.74) is -2.45. The Bertz CT molecular complexity index is 1190. The molecule has 1 aromatic heterocycles. The van der Waals surface area contributed by atoms with Crippen molar-refractivity contribution in [2.45, 2.75) is 43.5 Å². The number of anilines is 1. The Labute approximate surface area is 175 Å². The molecule has 0 aliphatic heterocycles. The third kappa shape index (κ3) is 3.26. The molecule has 0 radical (unpaired) electrons. The lowest BCUT2D eigenvalue weighted by atomic mass is 9.63. The first-order chi connectivity index (χ1) is 13.9. The summed E-state index contributed by atoms with van der Waals surface area (Å²) in [6.45, 7) is 3.33. The van der Waals surface area contributed by atoms with Gasteiger partial charge in [0.1, 0.15) is 0 Å². The number of H-pyrrole nitrogens is 1. The maximum absolute atomic E-state index is 14.2. The molecule has 0 spiro atoms. The van der Waals surface area contributed by atoms with Gasteiger partial charge >= 0.3 is 6.18 Å². The van der Waals surface area contributed by atoms with Gasteiger partial charge in [0.05, 0.1) is 11.6 Å². The summed E-state index contributed by atoms with van der Waals surface area (Å²) in [5.74, 6) is 0. The van der Waals surface area contributed by atoms with E-state index in [0.29, 0.717) is 32.7 Å². The second-order valence-electron chi connectivity index (χ2n) is 8.38. The number of benzene rings is 2. The molecule has 1 heterocycles. The number of hydrogen-bond donors (Lipinski definition) is 3. The van der Waals surface area contributed by atoms with Crippen molar-refractivity contribution >= 4 is 28.2 Å². The lowest BCUT2D eigenvalue weighted by Crippen LogP contribution is -2.58. The van der Waals surface area contributed by atoms with Gasteiger partial charge in [0.25, 0.3) is 0 Å². The minimum absolute atomic E-state index is 0.314. The van der Waals surface area contributed by atoms with Crippen LogP contribution in [-0.2, 0) is 5.41 Å². The van der Waals surface area contributed by atoms with Gasteiger partial charge in [0, 0.05) is 22.2 Å². The Morgan fingerprint density at radius 1 is 1.17 bits per heavy atom. The fraction of sp³-hybridized carbons (Fsp3) is 0.318. The minimum atomic E-state index is -4.88. The molecule has 0 bridgehead atoms. The molecule has 0 fully saturated rings. The second kappa shape index (κ2) is 6.75. The van der Waals surface area contributed by atoms with Crippen molar-refractivity contribution in [1.29, 1.82) is 0 Å². The predicted molar refractivity (Wildman–Crippen MR) is 111 cm³/mol. The first kappa shape index (κ1) is 20.8. The van der Waals surface area contributed by atoms with E-state index in [9.17, 15) is 23.1 Å². The molecule has 30 heavy (non-hydrogen) atoms. The molecule has 2 unspecified atom stereocenters. The van der Waals surface area contributed by atoms with Crippen LogP contribution in [0.2, 0.25) is 5.02 Å². The summed E-state index contributed by atoms with van der Waals surface area (Å²) in [6, 6.07) is 11.0. The first-order valence-corrected chi connectivity index (χ1v) is 9.78. The summed E-state index contributed by atoms with van der Waals surface area (Å²) in [7, 11) is 0. The van der Waals surface area contributed by atoms with E-state index in [4.69, 9.17) is 11.6 Å². The Hall–Kier alpha value is -2.51. The van der Waals surface area contributed by atoms with Gasteiger partial charge in [-0.3, -0.25) is 4.79 Å². The van der Waals surface area contributed by atoms with Gasteiger partial charge in [0.2, 0.25) is 5.56 Å². The van der Waals surface area contributed by atoms with E-state index >= 15 is 0 Å². The number of aliphatic hydroxyl groups is 1. The Kier molecular flexibility index (Phi) is 4.67. The van der Waals surface area contributed by atoms with Crippen molar-refractivity contribution in [3.05, 3.63) is 75.0 Å². The number of pyridine rings is 1. The van der Waals surface area contributed by atoms with Gasteiger partial charge in [-0.15, -0.1) is 0 Å². The van der Waals surface area contributed by atoms with Crippen molar-refractivity contribution in [1.82, 2.24) is 4.98 Å². The standard InChI is InChI=1S/C22H20ClF3N2O2/c1-20(2)11-21(30,22(24,25)26)19(13-7-6-12(23)10-15(13)20)28-17-5-3-4-16-14(17)8-9-18(29)27-16/h3-10,19,28,30H,11H2,1-2H3,(H,27,29). The molecule has 4 nitrogen and oxygen atoms in total. The van der Waals surface area contributed by atoms with E-state index in [1.807, 2.05) is 0 Å². The van der Waals surface area contributed by atoms with Gasteiger partial charge in [-0.1, -0.05) is 37.6 Å². The Balaban J connectivity index is 1.93. The van der Waals surface area contributed by atoms with Crippen molar-refractivity contribution in [3.63, 3.8) is 0 Å². The lowest BCUT2D eigenvalue weighted by Gasteiger charge is -2.49. The summed E-state index contributed by atoms with van der Waals surface area (Å²) in [6.07, 6.45) is -5.41. The molecule has 3 N–H and O–H groups in total. The molecule has 1 aliphatic carbocycles. The first-order valence-electron chi connectivity index (χ1n) is 9.40. The van der Waals surface area contributed by atoms with Crippen LogP contribution in [0.4, 0.5) is 18.9 Å². The minimum Gasteiger partial charge on any atom is -0.379 e. The van der Waals surface area contributed by atoms with Gasteiger partial charge in [0.15, 0.2) is 5.60 Å². The van der Waals surface area contributed by atoms with Crippen LogP contribution in [0.1, 0.15) is 37.4 Å². The van der Waals surface area contributed by atoms with Crippen LogP contribution >= 0.6 is 11.6 Å². The lowest BCUT2D eigenvalue weighted by molar-refractivity contribution is -0.275. The topological polar surface area (TPSA) is 65.1 Å². The summed E-state index contributed by atoms with van der Waals surface area (Å²) in [5, 5.41) is 14.9. The van der Waals surface area contributed by atoms with Crippen molar-refractivity contribution < 1.29 is 18.3 Å². The van der Waals surface area contributed by atoms with E-state index < -0.39 is 29.7 Å². The second-order valence-corrected chi connectivity index (χ2v) is 8.82. The van der Waals surface area contributed by atoms with Crippen molar-refractivity contribution in [2.75, 3.05) is 5.32 Å². The van der Waals surface area contributed by atoms with Gasteiger partial charge in [-0.05, 0) is 53.3 Å². The molecule has 0 saturated heterocycles. The van der Waals surface area contributed by atoms with E-state index in [1.165, 1.54) is 18.2 Å². The highest BCUT2D eigenvalue weighted by Crippen LogP contribution is 2.54. The highest BCUT2D eigenvalue weighted by molar-refractivity contribution is 6.30. The van der Waals surface area contributed by atoms with Gasteiger partial charge < -0.3 is 15.4 Å². The zero-order valence-electron chi connectivity index (χ0n) is 16.3. The van der Waals surface area contributed by atoms with Crippen molar-refractivity contribution in [2.24, 2.45) is 0 Å². The average molecular weight is 437 g/mol. The molecule has 158 valence electrons. The third-order valence-corrected chi connectivity index (χ3v) is 6.04. The van der Waals surface area contributed by atoms with Crippen LogP contribution in [0.5, 0.6) is 0 Å². The summed E-state index contributed by atoms with van der Waals surface area (Å²) in [4.78, 5) is 14.3. The zero-order valence-corrected chi connectivity index (χ0v) is 17.0. The van der Waals surface area contributed by atoms with Gasteiger partial charge in [-0.2, -0.15) is 13.2 Å². The number of alkyl halides is 3. The number of rotatable bonds is 2. The molecule has 0 amide bonds. The maximum Gasteiger partial charge on any atom is 0.419 e. The quantitative estimate of drug-likeness (QED) is 0.510. The fourth-order valence-corrected chi connectivity index (χ4v) is 4.60. The molecule has 2 aromatic carbocycles. The van der Waals surface area contributed by atoms with Crippen LogP contribution < -0.4 is 10.9 Å². The molecule has 0 saturated carbocycles.